The number of halogens is 1. The highest BCUT2D eigenvalue weighted by molar-refractivity contribution is 7.10. The summed E-state index contributed by atoms with van der Waals surface area (Å²) in [5.41, 5.74) is 4.69. The summed E-state index contributed by atoms with van der Waals surface area (Å²) in [5.74, 6) is 0.588. The van der Waals surface area contributed by atoms with Crippen LogP contribution in [0, 0.1) is 5.92 Å². The molecule has 1 fully saturated rings. The van der Waals surface area contributed by atoms with E-state index in [2.05, 4.69) is 75.9 Å². The maximum Gasteiger partial charge on any atom is 0.236 e. The summed E-state index contributed by atoms with van der Waals surface area (Å²) in [5, 5.41) is 4.52. The van der Waals surface area contributed by atoms with Crippen molar-refractivity contribution in [1.82, 2.24) is 9.36 Å². The molecule has 0 unspecified atom stereocenters. The topological polar surface area (TPSA) is 41.0 Å². The maximum absolute atomic E-state index is 5.98. The lowest BCUT2D eigenvalue weighted by atomic mass is 9.92. The number of rotatable bonds is 7. The number of benzene rings is 2. The summed E-state index contributed by atoms with van der Waals surface area (Å²) in [6.07, 6.45) is 6.51. The number of nitrogens with zero attached hydrogens (tertiary/aromatic N) is 3. The minimum atomic E-state index is 0.287. The lowest BCUT2D eigenvalue weighted by Gasteiger charge is -2.38. The van der Waals surface area contributed by atoms with Crippen LogP contribution < -0.4 is 10.2 Å². The fourth-order valence-corrected chi connectivity index (χ4v) is 5.02. The normalized spacial score (nSPS) is 14.8. The lowest BCUT2D eigenvalue weighted by molar-refractivity contribution is 0.401. The Kier molecular flexibility index (Phi) is 6.90. The Morgan fingerprint density at radius 1 is 1.07 bits per heavy atom. The lowest BCUT2D eigenvalue weighted by Crippen LogP contribution is -2.39. The molecule has 3 aromatic rings. The summed E-state index contributed by atoms with van der Waals surface area (Å²) in [7, 11) is 0. The fourth-order valence-electron chi connectivity index (χ4n) is 4.30. The van der Waals surface area contributed by atoms with Gasteiger partial charge in [0.2, 0.25) is 10.4 Å². The van der Waals surface area contributed by atoms with Crippen LogP contribution in [0.1, 0.15) is 46.0 Å². The van der Waals surface area contributed by atoms with Crippen molar-refractivity contribution in [3.05, 3.63) is 53.8 Å². The molecular formula is C24H29ClN4S. The Balaban J connectivity index is 1.75. The van der Waals surface area contributed by atoms with Gasteiger partial charge < -0.3 is 10.2 Å². The van der Waals surface area contributed by atoms with E-state index in [4.69, 9.17) is 11.6 Å². The van der Waals surface area contributed by atoms with Gasteiger partial charge in [0.05, 0.1) is 11.4 Å². The van der Waals surface area contributed by atoms with Gasteiger partial charge in [-0.3, -0.25) is 0 Å². The number of nitrogens with one attached hydrogen (secondary N) is 1. The van der Waals surface area contributed by atoms with E-state index < -0.39 is 0 Å². The molecule has 4 rings (SSSR count). The molecule has 6 heteroatoms. The zero-order valence-electron chi connectivity index (χ0n) is 17.6. The molecule has 1 heterocycles. The first-order chi connectivity index (χ1) is 14.6. The average Bonchev–Trinajstić information content (AvgIpc) is 3.18. The van der Waals surface area contributed by atoms with Crippen LogP contribution in [-0.2, 0) is 0 Å². The second kappa shape index (κ2) is 9.80. The van der Waals surface area contributed by atoms with Gasteiger partial charge in [-0.25, -0.2) is 0 Å². The Bertz CT molecular complexity index is 951. The second-order valence-electron chi connectivity index (χ2n) is 8.43. The largest absolute Gasteiger partial charge is 0.367 e. The molecule has 1 aliphatic carbocycles. The molecule has 1 N–H and O–H groups in total. The predicted octanol–water partition coefficient (Wildman–Crippen LogP) is 7.40. The monoisotopic (exact) mass is 440 g/mol. The minimum Gasteiger partial charge on any atom is -0.367 e. The smallest absolute Gasteiger partial charge is 0.236 e. The second-order valence-corrected chi connectivity index (χ2v) is 9.52. The zero-order valence-corrected chi connectivity index (χ0v) is 19.2. The van der Waals surface area contributed by atoms with Gasteiger partial charge in [-0.1, -0.05) is 69.5 Å². The first kappa shape index (κ1) is 21.1. The van der Waals surface area contributed by atoms with Crippen molar-refractivity contribution in [2.75, 3.05) is 16.8 Å². The van der Waals surface area contributed by atoms with Gasteiger partial charge in [0, 0.05) is 24.1 Å². The van der Waals surface area contributed by atoms with E-state index in [0.717, 1.165) is 17.4 Å². The van der Waals surface area contributed by atoms with Crippen molar-refractivity contribution in [1.29, 1.82) is 0 Å². The molecule has 0 aliphatic heterocycles. The highest BCUT2D eigenvalue weighted by Gasteiger charge is 2.24. The van der Waals surface area contributed by atoms with E-state index in [-0.39, 0.29) is 5.28 Å². The van der Waals surface area contributed by atoms with Crippen molar-refractivity contribution in [3.8, 4) is 11.1 Å². The molecule has 2 aromatic carbocycles. The van der Waals surface area contributed by atoms with Gasteiger partial charge in [-0.2, -0.15) is 9.36 Å². The quantitative estimate of drug-likeness (QED) is 0.415. The Hall–Kier alpha value is -2.11. The third kappa shape index (κ3) is 5.13. The fraction of sp³-hybridized carbons (Fsp3) is 0.417. The van der Waals surface area contributed by atoms with E-state index in [1.165, 1.54) is 60.5 Å². The predicted molar refractivity (Wildman–Crippen MR) is 129 cm³/mol. The number of anilines is 3. The van der Waals surface area contributed by atoms with E-state index >= 15 is 0 Å². The van der Waals surface area contributed by atoms with Crippen molar-refractivity contribution in [2.24, 2.45) is 5.92 Å². The highest BCUT2D eigenvalue weighted by atomic mass is 35.5. The third-order valence-electron chi connectivity index (χ3n) is 5.63. The van der Waals surface area contributed by atoms with Crippen molar-refractivity contribution in [2.45, 2.75) is 52.0 Å². The van der Waals surface area contributed by atoms with Crippen molar-refractivity contribution < 1.29 is 0 Å². The molecule has 0 atom stereocenters. The molecular weight excluding hydrogens is 412 g/mol. The number of aromatic nitrogens is 2. The molecule has 158 valence electrons. The molecule has 4 nitrogen and oxygen atoms in total. The van der Waals surface area contributed by atoms with E-state index in [9.17, 15) is 0 Å². The average molecular weight is 441 g/mol. The van der Waals surface area contributed by atoms with E-state index in [0.29, 0.717) is 12.0 Å². The Morgan fingerprint density at radius 2 is 1.83 bits per heavy atom. The molecule has 0 amide bonds. The van der Waals surface area contributed by atoms with Gasteiger partial charge in [0.1, 0.15) is 0 Å². The van der Waals surface area contributed by atoms with Gasteiger partial charge in [0.15, 0.2) is 0 Å². The molecule has 1 saturated carbocycles. The Morgan fingerprint density at radius 3 is 2.50 bits per heavy atom. The van der Waals surface area contributed by atoms with Crippen molar-refractivity contribution >= 4 is 39.6 Å². The Labute approximate surface area is 188 Å². The van der Waals surface area contributed by atoms with Crippen LogP contribution >= 0.6 is 23.1 Å². The van der Waals surface area contributed by atoms with Crippen LogP contribution in [0.5, 0.6) is 0 Å². The first-order valence-electron chi connectivity index (χ1n) is 10.8. The summed E-state index contributed by atoms with van der Waals surface area (Å²) >= 11 is 7.28. The van der Waals surface area contributed by atoms with Crippen LogP contribution in [0.25, 0.3) is 11.1 Å². The summed E-state index contributed by atoms with van der Waals surface area (Å²) in [6.45, 7) is 5.64. The molecule has 0 saturated heterocycles. The van der Waals surface area contributed by atoms with Crippen LogP contribution in [0.4, 0.5) is 16.5 Å². The molecule has 0 spiro atoms. The number of hydrogen-bond donors (Lipinski definition) is 1. The van der Waals surface area contributed by atoms with E-state index in [1.807, 2.05) is 6.07 Å². The van der Waals surface area contributed by atoms with E-state index in [1.54, 1.807) is 0 Å². The van der Waals surface area contributed by atoms with Crippen LogP contribution in [0.2, 0.25) is 5.28 Å². The van der Waals surface area contributed by atoms with Gasteiger partial charge in [-0.15, -0.1) is 0 Å². The van der Waals surface area contributed by atoms with Crippen LogP contribution in [-0.4, -0.2) is 21.9 Å². The van der Waals surface area contributed by atoms with Gasteiger partial charge >= 0.3 is 0 Å². The zero-order chi connectivity index (χ0) is 20.9. The molecule has 1 aliphatic rings. The van der Waals surface area contributed by atoms with Gasteiger partial charge in [0.25, 0.3) is 0 Å². The van der Waals surface area contributed by atoms with Crippen molar-refractivity contribution in [3.63, 3.8) is 0 Å². The third-order valence-corrected chi connectivity index (χ3v) is 6.53. The standard InChI is InChI=1S/C24H29ClN4S/c1-17(2)16-29(20-11-7-4-8-12-20)22-14-13-19(18-9-5-3-6-10-18)15-21(22)26-24-27-23(25)28-30-24/h3,5-6,9-10,13-15,17,20H,4,7-8,11-12,16H2,1-2H3,(H,26,27,28). The SMILES string of the molecule is CC(C)CN(c1ccc(-c2ccccc2)cc1Nc1nc(Cl)ns1)C1CCCCC1. The summed E-state index contributed by atoms with van der Waals surface area (Å²) < 4.78 is 4.13. The minimum absolute atomic E-state index is 0.287. The molecule has 0 bridgehead atoms. The molecule has 1 aromatic heterocycles. The molecule has 30 heavy (non-hydrogen) atoms. The maximum atomic E-state index is 5.98. The highest BCUT2D eigenvalue weighted by Crippen LogP contribution is 2.38. The summed E-state index contributed by atoms with van der Waals surface area (Å²) in [4.78, 5) is 6.94. The first-order valence-corrected chi connectivity index (χ1v) is 12.0. The van der Waals surface area contributed by atoms with Gasteiger partial charge in [-0.05, 0) is 53.6 Å². The van der Waals surface area contributed by atoms with Crippen LogP contribution in [0.15, 0.2) is 48.5 Å². The summed E-state index contributed by atoms with van der Waals surface area (Å²) in [6, 6.07) is 17.8. The molecule has 0 radical (unpaired) electrons. The van der Waals surface area contributed by atoms with Crippen LogP contribution in [0.3, 0.4) is 0 Å². The number of hydrogen-bond acceptors (Lipinski definition) is 5.